The minimum Gasteiger partial charge on any atom is -0.491 e. The standard InChI is InChI=1S/C18H23ClN2O2/c1-22-18-12-21(16-9-5-4-8-15(16)19)13(11-20)10-17(18)23-14-6-2-3-7-14/h4-5,8-10,12-14H,2-3,6-7,11,20H2,1H3. The normalized spacial score (nSPS) is 21.9. The van der Waals surface area contributed by atoms with E-state index in [0.29, 0.717) is 17.3 Å². The van der Waals surface area contributed by atoms with Gasteiger partial charge in [0.1, 0.15) is 0 Å². The van der Waals surface area contributed by atoms with E-state index in [0.717, 1.165) is 24.3 Å². The molecule has 2 aliphatic rings. The second-order valence-corrected chi connectivity index (χ2v) is 6.32. The van der Waals surface area contributed by atoms with E-state index in [1.54, 1.807) is 7.11 Å². The van der Waals surface area contributed by atoms with Crippen molar-refractivity contribution in [1.29, 1.82) is 0 Å². The lowest BCUT2D eigenvalue weighted by atomic mass is 10.1. The van der Waals surface area contributed by atoms with Gasteiger partial charge in [-0.3, -0.25) is 0 Å². The average Bonchev–Trinajstić information content (AvgIpc) is 3.08. The summed E-state index contributed by atoms with van der Waals surface area (Å²) in [4.78, 5) is 2.04. The highest BCUT2D eigenvalue weighted by molar-refractivity contribution is 6.33. The fourth-order valence-electron chi connectivity index (χ4n) is 3.15. The molecule has 1 aliphatic carbocycles. The van der Waals surface area contributed by atoms with Crippen LogP contribution in [-0.2, 0) is 9.47 Å². The number of ether oxygens (including phenoxy) is 2. The van der Waals surface area contributed by atoms with Crippen LogP contribution in [0.3, 0.4) is 0 Å². The number of hydrogen-bond acceptors (Lipinski definition) is 4. The Balaban J connectivity index is 1.88. The molecule has 0 amide bonds. The summed E-state index contributed by atoms with van der Waals surface area (Å²) in [6, 6.07) is 7.72. The number of anilines is 1. The van der Waals surface area contributed by atoms with Gasteiger partial charge in [-0.15, -0.1) is 0 Å². The maximum absolute atomic E-state index is 6.34. The highest BCUT2D eigenvalue weighted by atomic mass is 35.5. The van der Waals surface area contributed by atoms with Crippen LogP contribution in [0.5, 0.6) is 0 Å². The van der Waals surface area contributed by atoms with Crippen LogP contribution in [0.4, 0.5) is 5.69 Å². The molecule has 3 rings (SSSR count). The van der Waals surface area contributed by atoms with Crippen LogP contribution in [0.25, 0.3) is 0 Å². The molecule has 1 saturated carbocycles. The van der Waals surface area contributed by atoms with E-state index in [4.69, 9.17) is 26.8 Å². The Morgan fingerprint density at radius 2 is 1.96 bits per heavy atom. The zero-order valence-corrected chi connectivity index (χ0v) is 14.1. The van der Waals surface area contributed by atoms with Crippen molar-refractivity contribution in [2.45, 2.75) is 37.8 Å². The van der Waals surface area contributed by atoms with Gasteiger partial charge in [-0.25, -0.2) is 0 Å². The number of para-hydroxylation sites is 1. The fourth-order valence-corrected chi connectivity index (χ4v) is 3.38. The molecular weight excluding hydrogens is 312 g/mol. The molecule has 0 spiro atoms. The lowest BCUT2D eigenvalue weighted by Crippen LogP contribution is -2.39. The van der Waals surface area contributed by atoms with Gasteiger partial charge in [0.15, 0.2) is 11.5 Å². The number of halogens is 1. The van der Waals surface area contributed by atoms with Gasteiger partial charge in [-0.2, -0.15) is 0 Å². The summed E-state index contributed by atoms with van der Waals surface area (Å²) in [7, 11) is 1.66. The molecule has 124 valence electrons. The molecule has 1 aliphatic heterocycles. The summed E-state index contributed by atoms with van der Waals surface area (Å²) in [5, 5.41) is 0.686. The van der Waals surface area contributed by atoms with Gasteiger partial charge in [0, 0.05) is 6.54 Å². The molecule has 1 aromatic carbocycles. The topological polar surface area (TPSA) is 47.7 Å². The maximum Gasteiger partial charge on any atom is 0.176 e. The molecule has 1 unspecified atom stereocenters. The zero-order chi connectivity index (χ0) is 16.2. The van der Waals surface area contributed by atoms with Crippen molar-refractivity contribution >= 4 is 17.3 Å². The maximum atomic E-state index is 6.34. The Morgan fingerprint density at radius 3 is 2.61 bits per heavy atom. The van der Waals surface area contributed by atoms with E-state index in [9.17, 15) is 0 Å². The second kappa shape index (κ2) is 7.28. The summed E-state index contributed by atoms with van der Waals surface area (Å²) in [6.07, 6.45) is 8.94. The Hall–Kier alpha value is -1.65. The lowest BCUT2D eigenvalue weighted by molar-refractivity contribution is 0.103. The first-order valence-electron chi connectivity index (χ1n) is 8.10. The molecule has 0 bridgehead atoms. The highest BCUT2D eigenvalue weighted by Gasteiger charge is 2.27. The first-order chi connectivity index (χ1) is 11.2. The van der Waals surface area contributed by atoms with Crippen LogP contribution in [0.1, 0.15) is 25.7 Å². The molecule has 0 radical (unpaired) electrons. The van der Waals surface area contributed by atoms with Crippen molar-refractivity contribution in [2.75, 3.05) is 18.6 Å². The lowest BCUT2D eigenvalue weighted by Gasteiger charge is -2.34. The highest BCUT2D eigenvalue weighted by Crippen LogP contribution is 2.34. The second-order valence-electron chi connectivity index (χ2n) is 5.91. The largest absolute Gasteiger partial charge is 0.491 e. The smallest absolute Gasteiger partial charge is 0.176 e. The number of methoxy groups -OCH3 is 1. The molecule has 23 heavy (non-hydrogen) atoms. The number of rotatable bonds is 5. The minimum atomic E-state index is -0.00907. The molecule has 0 aromatic heterocycles. The summed E-state index contributed by atoms with van der Waals surface area (Å²) in [6.45, 7) is 0.468. The van der Waals surface area contributed by atoms with Crippen LogP contribution >= 0.6 is 11.6 Å². The summed E-state index contributed by atoms with van der Waals surface area (Å²) in [5.74, 6) is 1.50. The minimum absolute atomic E-state index is 0.00907. The number of hydrogen-bond donors (Lipinski definition) is 1. The quantitative estimate of drug-likeness (QED) is 0.889. The number of nitrogens with zero attached hydrogens (tertiary/aromatic N) is 1. The van der Waals surface area contributed by atoms with Crippen LogP contribution in [0, 0.1) is 0 Å². The van der Waals surface area contributed by atoms with Gasteiger partial charge >= 0.3 is 0 Å². The Labute approximate surface area is 142 Å². The van der Waals surface area contributed by atoms with E-state index in [1.165, 1.54) is 12.8 Å². The van der Waals surface area contributed by atoms with Crippen LogP contribution in [0.2, 0.25) is 5.02 Å². The zero-order valence-electron chi connectivity index (χ0n) is 13.4. The van der Waals surface area contributed by atoms with Crippen molar-refractivity contribution in [3.8, 4) is 0 Å². The molecule has 4 nitrogen and oxygen atoms in total. The Morgan fingerprint density at radius 1 is 1.22 bits per heavy atom. The number of benzene rings is 1. The monoisotopic (exact) mass is 334 g/mol. The third-order valence-corrected chi connectivity index (χ3v) is 4.71. The van der Waals surface area contributed by atoms with E-state index in [1.807, 2.05) is 41.4 Å². The number of nitrogens with two attached hydrogens (primary N) is 1. The van der Waals surface area contributed by atoms with Crippen molar-refractivity contribution in [3.63, 3.8) is 0 Å². The average molecular weight is 335 g/mol. The van der Waals surface area contributed by atoms with Crippen LogP contribution < -0.4 is 10.6 Å². The molecule has 1 atom stereocenters. The molecule has 2 N–H and O–H groups in total. The Bertz CT molecular complexity index is 609. The van der Waals surface area contributed by atoms with Gasteiger partial charge < -0.3 is 20.1 Å². The summed E-state index contributed by atoms with van der Waals surface area (Å²) < 4.78 is 11.7. The molecule has 1 aromatic rings. The van der Waals surface area contributed by atoms with Gasteiger partial charge in [-0.05, 0) is 43.9 Å². The van der Waals surface area contributed by atoms with Gasteiger partial charge in [0.25, 0.3) is 0 Å². The van der Waals surface area contributed by atoms with Crippen molar-refractivity contribution in [1.82, 2.24) is 0 Å². The van der Waals surface area contributed by atoms with Crippen LogP contribution in [-0.4, -0.2) is 25.8 Å². The fraction of sp³-hybridized carbons (Fsp3) is 0.444. The van der Waals surface area contributed by atoms with Crippen molar-refractivity contribution < 1.29 is 9.47 Å². The molecule has 5 heteroatoms. The SMILES string of the molecule is COC1=CN(c2ccccc2Cl)C(CN)C=C1OC1CCCC1. The molecule has 0 saturated heterocycles. The Kier molecular flexibility index (Phi) is 5.13. The third kappa shape index (κ3) is 3.48. The molecular formula is C18H23ClN2O2. The van der Waals surface area contributed by atoms with Gasteiger partial charge in [0.2, 0.25) is 0 Å². The van der Waals surface area contributed by atoms with Crippen molar-refractivity contribution in [2.24, 2.45) is 5.73 Å². The van der Waals surface area contributed by atoms with Crippen LogP contribution in [0.15, 0.2) is 48.1 Å². The first kappa shape index (κ1) is 16.2. The third-order valence-electron chi connectivity index (χ3n) is 4.39. The predicted octanol–water partition coefficient (Wildman–Crippen LogP) is 3.82. The van der Waals surface area contributed by atoms with E-state index < -0.39 is 0 Å². The summed E-state index contributed by atoms with van der Waals surface area (Å²) >= 11 is 6.34. The molecule has 1 heterocycles. The predicted molar refractivity (Wildman–Crippen MR) is 93.3 cm³/mol. The van der Waals surface area contributed by atoms with Gasteiger partial charge in [0.05, 0.1) is 36.2 Å². The molecule has 1 fully saturated rings. The van der Waals surface area contributed by atoms with E-state index >= 15 is 0 Å². The summed E-state index contributed by atoms with van der Waals surface area (Å²) in [5.41, 5.74) is 6.90. The first-order valence-corrected chi connectivity index (χ1v) is 8.48. The van der Waals surface area contributed by atoms with E-state index in [-0.39, 0.29) is 12.1 Å². The van der Waals surface area contributed by atoms with E-state index in [2.05, 4.69) is 0 Å². The van der Waals surface area contributed by atoms with Gasteiger partial charge in [-0.1, -0.05) is 23.7 Å². The van der Waals surface area contributed by atoms with Crippen molar-refractivity contribution in [3.05, 3.63) is 53.1 Å².